The van der Waals surface area contributed by atoms with Gasteiger partial charge in [-0.25, -0.2) is 0 Å². The Morgan fingerprint density at radius 3 is 1.36 bits per heavy atom. The van der Waals surface area contributed by atoms with Crippen molar-refractivity contribution in [2.24, 2.45) is 0 Å². The van der Waals surface area contributed by atoms with Gasteiger partial charge in [0.25, 0.3) is 0 Å². The fourth-order valence-corrected chi connectivity index (χ4v) is 2.82. The molecule has 0 saturated carbocycles. The maximum atomic E-state index is 13.9. The average Bonchev–Trinajstić information content (AvgIpc) is 2.61. The van der Waals surface area contributed by atoms with Crippen molar-refractivity contribution in [2.45, 2.75) is 17.8 Å². The van der Waals surface area contributed by atoms with Crippen molar-refractivity contribution >= 4 is 0 Å². The maximum absolute atomic E-state index is 13.9. The molecule has 2 aromatic carbocycles. The van der Waals surface area contributed by atoms with Crippen molar-refractivity contribution < 1.29 is 46.0 Å². The van der Waals surface area contributed by atoms with E-state index in [0.29, 0.717) is 24.3 Å². The van der Waals surface area contributed by atoms with Crippen LogP contribution in [0.25, 0.3) is 0 Å². The van der Waals surface area contributed by atoms with Crippen molar-refractivity contribution in [3.05, 3.63) is 59.7 Å². The standard InChI is InChI=1S/C18H16F6O4/c19-17(20,21)16(18(22,23)24,13-3-7-15(8-4-13)28-11-26)12-1-5-14(6-2-12)27-10-9-25/h1-8,25-26H,9-11H2. The topological polar surface area (TPSA) is 58.9 Å². The zero-order valence-electron chi connectivity index (χ0n) is 14.2. The van der Waals surface area contributed by atoms with Crippen molar-refractivity contribution in [2.75, 3.05) is 20.0 Å². The molecule has 0 unspecified atom stereocenters. The lowest BCUT2D eigenvalue weighted by Crippen LogP contribution is -2.54. The number of rotatable bonds is 7. The summed E-state index contributed by atoms with van der Waals surface area (Å²) in [5.74, 6) is -0.0695. The average molecular weight is 410 g/mol. The first-order valence-electron chi connectivity index (χ1n) is 7.89. The van der Waals surface area contributed by atoms with Gasteiger partial charge < -0.3 is 19.7 Å². The van der Waals surface area contributed by atoms with Crippen LogP contribution in [0.4, 0.5) is 26.3 Å². The molecule has 0 heterocycles. The molecule has 0 spiro atoms. The van der Waals surface area contributed by atoms with Crippen LogP contribution in [-0.4, -0.2) is 42.6 Å². The van der Waals surface area contributed by atoms with E-state index in [4.69, 9.17) is 14.9 Å². The first-order chi connectivity index (χ1) is 13.1. The Labute approximate surface area is 155 Å². The van der Waals surface area contributed by atoms with Gasteiger partial charge in [-0.15, -0.1) is 0 Å². The van der Waals surface area contributed by atoms with E-state index in [1.807, 2.05) is 0 Å². The van der Waals surface area contributed by atoms with Gasteiger partial charge in [-0.05, 0) is 35.4 Å². The van der Waals surface area contributed by atoms with E-state index in [-0.39, 0.29) is 24.7 Å². The second kappa shape index (κ2) is 8.27. The molecule has 0 fully saturated rings. The van der Waals surface area contributed by atoms with E-state index in [1.165, 1.54) is 0 Å². The normalized spacial score (nSPS) is 12.7. The Kier molecular flexibility index (Phi) is 6.45. The van der Waals surface area contributed by atoms with Gasteiger partial charge in [0.2, 0.25) is 5.41 Å². The summed E-state index contributed by atoms with van der Waals surface area (Å²) < 4.78 is 93.3. The highest BCUT2D eigenvalue weighted by Gasteiger charge is 2.72. The van der Waals surface area contributed by atoms with Crippen molar-refractivity contribution in [3.63, 3.8) is 0 Å². The van der Waals surface area contributed by atoms with Gasteiger partial charge in [0, 0.05) is 0 Å². The van der Waals surface area contributed by atoms with Gasteiger partial charge in [-0.3, -0.25) is 0 Å². The molecule has 0 atom stereocenters. The predicted molar refractivity (Wildman–Crippen MR) is 86.1 cm³/mol. The molecule has 154 valence electrons. The fraction of sp³-hybridized carbons (Fsp3) is 0.333. The lowest BCUT2D eigenvalue weighted by Gasteiger charge is -2.38. The molecule has 0 aliphatic rings. The maximum Gasteiger partial charge on any atom is 0.411 e. The summed E-state index contributed by atoms with van der Waals surface area (Å²) in [5, 5.41) is 17.3. The smallest absolute Gasteiger partial charge is 0.411 e. The molecule has 2 N–H and O–H groups in total. The van der Waals surface area contributed by atoms with Crippen molar-refractivity contribution in [1.82, 2.24) is 0 Å². The fourth-order valence-electron chi connectivity index (χ4n) is 2.82. The molecule has 0 aromatic heterocycles. The van der Waals surface area contributed by atoms with Crippen LogP contribution in [0.3, 0.4) is 0 Å². The Morgan fingerprint density at radius 1 is 0.643 bits per heavy atom. The summed E-state index contributed by atoms with van der Waals surface area (Å²) in [7, 11) is 0. The van der Waals surface area contributed by atoms with Gasteiger partial charge >= 0.3 is 12.4 Å². The molecule has 2 aromatic rings. The molecular weight excluding hydrogens is 394 g/mol. The summed E-state index contributed by atoms with van der Waals surface area (Å²) in [6.45, 7) is -1.30. The van der Waals surface area contributed by atoms with Crippen LogP contribution in [-0.2, 0) is 5.41 Å². The third kappa shape index (κ3) is 4.02. The minimum atomic E-state index is -5.71. The second-order valence-electron chi connectivity index (χ2n) is 5.64. The van der Waals surface area contributed by atoms with E-state index >= 15 is 0 Å². The highest BCUT2D eigenvalue weighted by atomic mass is 19.4. The molecule has 0 bridgehead atoms. The van der Waals surface area contributed by atoms with Gasteiger partial charge in [-0.2, -0.15) is 26.3 Å². The van der Waals surface area contributed by atoms with Crippen LogP contribution >= 0.6 is 0 Å². The molecule has 0 radical (unpaired) electrons. The van der Waals surface area contributed by atoms with E-state index in [2.05, 4.69) is 4.74 Å². The predicted octanol–water partition coefficient (Wildman–Crippen LogP) is 3.80. The molecule has 0 aliphatic carbocycles. The monoisotopic (exact) mass is 410 g/mol. The summed E-state index contributed by atoms with van der Waals surface area (Å²) in [5.41, 5.74) is -6.38. The Balaban J connectivity index is 2.65. The number of hydrogen-bond donors (Lipinski definition) is 2. The first kappa shape index (κ1) is 21.8. The van der Waals surface area contributed by atoms with Crippen molar-refractivity contribution in [3.8, 4) is 11.5 Å². The SMILES string of the molecule is OCCOc1ccc(C(c2ccc(OCO)cc2)(C(F)(F)F)C(F)(F)F)cc1. The molecule has 2 rings (SSSR count). The zero-order valence-corrected chi connectivity index (χ0v) is 14.2. The van der Waals surface area contributed by atoms with Crippen LogP contribution < -0.4 is 9.47 Å². The van der Waals surface area contributed by atoms with E-state index < -0.39 is 35.7 Å². The van der Waals surface area contributed by atoms with Gasteiger partial charge in [-0.1, -0.05) is 24.3 Å². The van der Waals surface area contributed by atoms with E-state index in [0.717, 1.165) is 24.3 Å². The number of ether oxygens (including phenoxy) is 2. The summed E-state index contributed by atoms with van der Waals surface area (Å²) >= 11 is 0. The Bertz CT molecular complexity index is 740. The lowest BCUT2D eigenvalue weighted by atomic mass is 9.73. The number of benzene rings is 2. The third-order valence-corrected chi connectivity index (χ3v) is 4.02. The van der Waals surface area contributed by atoms with Crippen LogP contribution in [0.1, 0.15) is 11.1 Å². The first-order valence-corrected chi connectivity index (χ1v) is 7.89. The summed E-state index contributed by atoms with van der Waals surface area (Å²) in [6.07, 6.45) is -11.4. The molecule has 0 aliphatic heterocycles. The van der Waals surface area contributed by atoms with Crippen LogP contribution in [0, 0.1) is 0 Å². The van der Waals surface area contributed by atoms with Gasteiger partial charge in [0.1, 0.15) is 18.1 Å². The van der Waals surface area contributed by atoms with Gasteiger partial charge in [0.05, 0.1) is 6.61 Å². The Hall–Kier alpha value is -2.46. The lowest BCUT2D eigenvalue weighted by molar-refractivity contribution is -0.288. The third-order valence-electron chi connectivity index (χ3n) is 4.02. The number of alkyl halides is 6. The summed E-state index contributed by atoms with van der Waals surface area (Å²) in [4.78, 5) is 0. The highest BCUT2D eigenvalue weighted by molar-refractivity contribution is 5.47. The highest BCUT2D eigenvalue weighted by Crippen LogP contribution is 2.56. The van der Waals surface area contributed by atoms with E-state index in [9.17, 15) is 26.3 Å². The summed E-state index contributed by atoms with van der Waals surface area (Å²) in [6, 6.07) is 6.45. The second-order valence-corrected chi connectivity index (χ2v) is 5.64. The molecule has 4 nitrogen and oxygen atoms in total. The molecule has 0 saturated heterocycles. The number of halogens is 6. The van der Waals surface area contributed by atoms with Gasteiger partial charge in [0.15, 0.2) is 6.79 Å². The molecule has 0 amide bonds. The molecular formula is C18H16F6O4. The number of aliphatic hydroxyl groups excluding tert-OH is 2. The largest absolute Gasteiger partial charge is 0.491 e. The van der Waals surface area contributed by atoms with Crippen LogP contribution in [0.2, 0.25) is 0 Å². The van der Waals surface area contributed by atoms with E-state index in [1.54, 1.807) is 0 Å². The van der Waals surface area contributed by atoms with Crippen LogP contribution in [0.5, 0.6) is 11.5 Å². The Morgan fingerprint density at radius 2 is 1.04 bits per heavy atom. The van der Waals surface area contributed by atoms with Crippen LogP contribution in [0.15, 0.2) is 48.5 Å². The zero-order chi connectivity index (χ0) is 21.0. The molecule has 28 heavy (non-hydrogen) atoms. The quantitative estimate of drug-likeness (QED) is 0.539. The molecule has 10 heteroatoms. The minimum Gasteiger partial charge on any atom is -0.491 e. The number of hydrogen-bond acceptors (Lipinski definition) is 4. The minimum absolute atomic E-state index is 0.0164. The van der Waals surface area contributed by atoms with Crippen molar-refractivity contribution in [1.29, 1.82) is 0 Å². The number of aliphatic hydroxyl groups is 2.